The minimum absolute atomic E-state index is 0.0273. The van der Waals surface area contributed by atoms with Gasteiger partial charge in [0.25, 0.3) is 0 Å². The third-order valence-corrected chi connectivity index (χ3v) is 5.26. The lowest BCUT2D eigenvalue weighted by Crippen LogP contribution is -2.43. The van der Waals surface area contributed by atoms with Crippen LogP contribution < -0.4 is 26.2 Å². The summed E-state index contributed by atoms with van der Waals surface area (Å²) in [5, 5.41) is 12.1. The van der Waals surface area contributed by atoms with Gasteiger partial charge in [-0.1, -0.05) is 18.2 Å². The summed E-state index contributed by atoms with van der Waals surface area (Å²) in [7, 11) is 1.54. The van der Waals surface area contributed by atoms with E-state index in [-0.39, 0.29) is 43.5 Å². The molecule has 0 fully saturated rings. The van der Waals surface area contributed by atoms with Crippen LogP contribution in [0.4, 0.5) is 11.6 Å². The summed E-state index contributed by atoms with van der Waals surface area (Å²) in [4.78, 5) is 29.9. The molecule has 1 aliphatic rings. The van der Waals surface area contributed by atoms with Crippen LogP contribution in [0.2, 0.25) is 0 Å². The molecule has 0 saturated carbocycles. The maximum Gasteiger partial charge on any atom is 0.354 e. The largest absolute Gasteiger partial charge is 0.493 e. The second-order valence-corrected chi connectivity index (χ2v) is 8.42. The highest BCUT2D eigenvalue weighted by Crippen LogP contribution is 2.32. The Bertz CT molecular complexity index is 1150. The average Bonchev–Trinajstić information content (AvgIpc) is 2.78. The van der Waals surface area contributed by atoms with Crippen LogP contribution in [-0.2, 0) is 13.1 Å². The Morgan fingerprint density at radius 3 is 2.70 bits per heavy atom. The third-order valence-electron chi connectivity index (χ3n) is 4.94. The minimum Gasteiger partial charge on any atom is -0.493 e. The van der Waals surface area contributed by atoms with Crippen LogP contribution in [0.3, 0.4) is 0 Å². The molecule has 2 aromatic rings. The van der Waals surface area contributed by atoms with Crippen LogP contribution in [0, 0.1) is 0 Å². The van der Waals surface area contributed by atoms with Gasteiger partial charge in [-0.25, -0.2) is 14.2 Å². The molecule has 9 nitrogen and oxygen atoms in total. The van der Waals surface area contributed by atoms with E-state index < -0.39 is 11.4 Å². The molecular weight excluding hydrogens is 448 g/mol. The minimum atomic E-state index is -0.687. The number of anilines is 2. The number of benzene rings is 1. The van der Waals surface area contributed by atoms with Crippen molar-refractivity contribution in [3.63, 3.8) is 0 Å². The molecule has 10 heteroatoms. The molecule has 1 atom stereocenters. The van der Waals surface area contributed by atoms with Gasteiger partial charge in [-0.3, -0.25) is 4.57 Å². The molecule has 0 aliphatic heterocycles. The molecule has 1 unspecified atom stereocenters. The number of aliphatic hydroxyl groups excluding tert-OH is 1. The maximum absolute atomic E-state index is 13.2. The van der Waals surface area contributed by atoms with E-state index in [0.29, 0.717) is 23.6 Å². The molecule has 1 aromatic heterocycles. The van der Waals surface area contributed by atoms with Crippen LogP contribution in [0.5, 0.6) is 11.5 Å². The number of rotatable bonds is 10. The fourth-order valence-corrected chi connectivity index (χ4v) is 3.51. The Morgan fingerprint density at radius 1 is 1.27 bits per heavy atom. The first-order valence-electron chi connectivity index (χ1n) is 10.8. The Hall–Kier alpha value is -3.04. The second kappa shape index (κ2) is 11.2. The topological polar surface area (TPSA) is 108 Å². The molecule has 0 amide bonds. The quantitative estimate of drug-likeness (QED) is 0.507. The van der Waals surface area contributed by atoms with Crippen molar-refractivity contribution < 1.29 is 14.6 Å². The highest BCUT2D eigenvalue weighted by Gasteiger charge is 2.16. The van der Waals surface area contributed by atoms with Crippen LogP contribution in [0.15, 0.2) is 51.6 Å². The van der Waals surface area contributed by atoms with Gasteiger partial charge >= 0.3 is 11.4 Å². The van der Waals surface area contributed by atoms with E-state index in [1.54, 1.807) is 18.2 Å². The van der Waals surface area contributed by atoms with E-state index in [9.17, 15) is 9.59 Å². The molecule has 0 bridgehead atoms. The maximum atomic E-state index is 13.2. The van der Waals surface area contributed by atoms with Crippen LogP contribution in [-0.4, -0.2) is 44.4 Å². The predicted molar refractivity (Wildman–Crippen MR) is 128 cm³/mol. The lowest BCUT2D eigenvalue weighted by Gasteiger charge is -2.18. The number of nitrogens with zero attached hydrogens (tertiary/aromatic N) is 3. The normalized spacial score (nSPS) is 15.5. The highest BCUT2D eigenvalue weighted by atomic mass is 35.5. The number of alkyl halides is 1. The van der Waals surface area contributed by atoms with Crippen LogP contribution in [0.25, 0.3) is 0 Å². The summed E-state index contributed by atoms with van der Waals surface area (Å²) in [5.74, 6) is 1.19. The number of aromatic nitrogens is 3. The molecule has 0 saturated heterocycles. The van der Waals surface area contributed by atoms with Gasteiger partial charge in [0.15, 0.2) is 11.5 Å². The van der Waals surface area contributed by atoms with Crippen molar-refractivity contribution in [2.24, 2.45) is 0 Å². The molecule has 0 spiro atoms. The first-order chi connectivity index (χ1) is 15.8. The number of aliphatic hydroxyl groups is 1. The Labute approximate surface area is 196 Å². The van der Waals surface area contributed by atoms with Gasteiger partial charge < -0.3 is 19.9 Å². The fourth-order valence-electron chi connectivity index (χ4n) is 3.35. The van der Waals surface area contributed by atoms with Gasteiger partial charge in [-0.2, -0.15) is 4.98 Å². The molecular formula is C23H29ClN4O5. The average molecular weight is 477 g/mol. The van der Waals surface area contributed by atoms with Crippen molar-refractivity contribution in [2.45, 2.75) is 51.3 Å². The van der Waals surface area contributed by atoms with E-state index in [2.05, 4.69) is 10.3 Å². The lowest BCUT2D eigenvalue weighted by molar-refractivity contribution is 0.230. The molecule has 1 aromatic carbocycles. The number of hydrogen-bond donors (Lipinski definition) is 2. The smallest absolute Gasteiger partial charge is 0.354 e. The Morgan fingerprint density at radius 2 is 2.06 bits per heavy atom. The molecule has 1 aliphatic carbocycles. The molecule has 0 radical (unpaired) electrons. The summed E-state index contributed by atoms with van der Waals surface area (Å²) in [5.41, 5.74) is 0.252. The number of allylic oxidation sites excluding steroid dienone is 4. The number of ether oxygens (including phenoxy) is 2. The Balaban J connectivity index is 2.00. The van der Waals surface area contributed by atoms with Crippen molar-refractivity contribution in [1.82, 2.24) is 14.1 Å². The van der Waals surface area contributed by atoms with Gasteiger partial charge in [0, 0.05) is 24.9 Å². The van der Waals surface area contributed by atoms with Gasteiger partial charge in [0.2, 0.25) is 5.95 Å². The zero-order chi connectivity index (χ0) is 24.0. The first kappa shape index (κ1) is 24.6. The van der Waals surface area contributed by atoms with Crippen molar-refractivity contribution in [3.05, 3.63) is 63.0 Å². The predicted octanol–water partition coefficient (Wildman–Crippen LogP) is 2.82. The molecule has 2 N–H and O–H groups in total. The monoisotopic (exact) mass is 476 g/mol. The fraction of sp³-hybridized carbons (Fsp3) is 0.435. The Kier molecular flexibility index (Phi) is 8.35. The summed E-state index contributed by atoms with van der Waals surface area (Å²) in [6.45, 7) is 3.98. The summed E-state index contributed by atoms with van der Waals surface area (Å²) >= 11 is 6.11. The molecule has 1 heterocycles. The number of halogens is 1. The molecule has 3 rings (SSSR count). The van der Waals surface area contributed by atoms with Crippen molar-refractivity contribution in [3.8, 4) is 11.5 Å². The van der Waals surface area contributed by atoms with Gasteiger partial charge in [0.1, 0.15) is 0 Å². The zero-order valence-electron chi connectivity index (χ0n) is 19.0. The number of hydrogen-bond acceptors (Lipinski definition) is 7. The SMILES string of the molecule is COc1cc(Nc2nc(=O)n(CCCO)c(=O)n2CC2=CCC(Cl)C=C2)ccc1OC(C)C. The van der Waals surface area contributed by atoms with E-state index in [1.165, 1.54) is 11.7 Å². The van der Waals surface area contributed by atoms with Crippen molar-refractivity contribution in [2.75, 3.05) is 19.0 Å². The molecule has 33 heavy (non-hydrogen) atoms. The number of methoxy groups -OCH3 is 1. The standard InChI is InChI=1S/C23H29ClN4O5/c1-15(2)33-19-10-9-18(13-20(19)32-3)25-21-26-22(30)27(11-4-12-29)23(31)28(21)14-16-5-7-17(24)8-6-16/h5-7,9-10,13,15,17,29H,4,8,11-12,14H2,1-3H3,(H,25,26,30). The van der Waals surface area contributed by atoms with Crippen molar-refractivity contribution >= 4 is 23.2 Å². The zero-order valence-corrected chi connectivity index (χ0v) is 19.7. The lowest BCUT2D eigenvalue weighted by atomic mass is 10.1. The second-order valence-electron chi connectivity index (χ2n) is 7.86. The third kappa shape index (κ3) is 6.27. The summed E-state index contributed by atoms with van der Waals surface area (Å²) in [6, 6.07) is 5.22. The summed E-state index contributed by atoms with van der Waals surface area (Å²) < 4.78 is 13.6. The van der Waals surface area contributed by atoms with E-state index in [0.717, 1.165) is 10.1 Å². The van der Waals surface area contributed by atoms with E-state index >= 15 is 0 Å². The summed E-state index contributed by atoms with van der Waals surface area (Å²) in [6.07, 6.45) is 6.58. The van der Waals surface area contributed by atoms with E-state index in [4.69, 9.17) is 26.2 Å². The first-order valence-corrected chi connectivity index (χ1v) is 11.2. The van der Waals surface area contributed by atoms with Crippen LogP contribution in [0.1, 0.15) is 26.7 Å². The van der Waals surface area contributed by atoms with Gasteiger partial charge in [0.05, 0.1) is 25.1 Å². The van der Waals surface area contributed by atoms with Crippen LogP contribution >= 0.6 is 11.6 Å². The number of nitrogens with one attached hydrogen (secondary N) is 1. The van der Waals surface area contributed by atoms with Crippen molar-refractivity contribution in [1.29, 1.82) is 0 Å². The molecule has 178 valence electrons. The van der Waals surface area contributed by atoms with E-state index in [1.807, 2.05) is 32.1 Å². The van der Waals surface area contributed by atoms with Gasteiger partial charge in [-0.05, 0) is 44.4 Å². The highest BCUT2D eigenvalue weighted by molar-refractivity contribution is 6.22. The van der Waals surface area contributed by atoms with Gasteiger partial charge in [-0.15, -0.1) is 11.6 Å².